The van der Waals surface area contributed by atoms with Crippen LogP contribution in [0, 0.1) is 18.2 Å². The highest BCUT2D eigenvalue weighted by Gasteiger charge is 2.39. The van der Waals surface area contributed by atoms with Gasteiger partial charge in [0.05, 0.1) is 10.6 Å². The van der Waals surface area contributed by atoms with Crippen molar-refractivity contribution in [2.75, 3.05) is 31.1 Å². The van der Waals surface area contributed by atoms with Crippen molar-refractivity contribution < 1.29 is 17.4 Å². The van der Waals surface area contributed by atoms with Crippen LogP contribution < -0.4 is 10.2 Å². The number of halogens is 2. The molecule has 0 aromatic heterocycles. The average Bonchev–Trinajstić information content (AvgIpc) is 2.61. The highest BCUT2D eigenvalue weighted by molar-refractivity contribution is 7.85. The third-order valence-electron chi connectivity index (χ3n) is 5.39. The van der Waals surface area contributed by atoms with Gasteiger partial charge in [0.2, 0.25) is 0 Å². The van der Waals surface area contributed by atoms with Gasteiger partial charge in [-0.2, -0.15) is 8.42 Å². The molecule has 2 aromatic carbocycles. The molecule has 0 amide bonds. The van der Waals surface area contributed by atoms with E-state index in [1.807, 2.05) is 6.92 Å². The van der Waals surface area contributed by atoms with Crippen LogP contribution in [-0.4, -0.2) is 39.1 Å². The van der Waals surface area contributed by atoms with E-state index in [-0.39, 0.29) is 10.7 Å². The third-order valence-corrected chi connectivity index (χ3v) is 6.50. The zero-order valence-corrected chi connectivity index (χ0v) is 17.2. The molecular formula is C20H24ClFN2O3S. The van der Waals surface area contributed by atoms with Crippen LogP contribution in [0.5, 0.6) is 0 Å². The summed E-state index contributed by atoms with van der Waals surface area (Å²) in [4.78, 5) is 2.07. The molecule has 0 bridgehead atoms. The number of benzene rings is 2. The van der Waals surface area contributed by atoms with Gasteiger partial charge in [-0.1, -0.05) is 29.3 Å². The van der Waals surface area contributed by atoms with E-state index in [1.54, 1.807) is 24.3 Å². The predicted octanol–water partition coefficient (Wildman–Crippen LogP) is 3.91. The summed E-state index contributed by atoms with van der Waals surface area (Å²) in [6.07, 6.45) is 2.31. The molecule has 0 radical (unpaired) electrons. The fourth-order valence-electron chi connectivity index (χ4n) is 3.50. The first-order valence-corrected chi connectivity index (χ1v) is 11.0. The molecule has 2 saturated heterocycles. The lowest BCUT2D eigenvalue weighted by atomic mass is 9.73. The van der Waals surface area contributed by atoms with Gasteiger partial charge in [-0.3, -0.25) is 4.55 Å². The normalized spacial score (nSPS) is 18.2. The highest BCUT2D eigenvalue weighted by atomic mass is 35.5. The summed E-state index contributed by atoms with van der Waals surface area (Å²) >= 11 is 5.77. The number of piperidine rings is 1. The van der Waals surface area contributed by atoms with Gasteiger partial charge < -0.3 is 10.2 Å². The molecule has 0 saturated carbocycles. The summed E-state index contributed by atoms with van der Waals surface area (Å²) in [5.41, 5.74) is 2.15. The fraction of sp³-hybridized carbons (Fsp3) is 0.400. The molecule has 28 heavy (non-hydrogen) atoms. The molecule has 2 aliphatic heterocycles. The van der Waals surface area contributed by atoms with Crippen LogP contribution in [0.2, 0.25) is 5.02 Å². The largest absolute Gasteiger partial charge is 0.369 e. The first kappa shape index (κ1) is 21.0. The van der Waals surface area contributed by atoms with E-state index in [4.69, 9.17) is 16.2 Å². The summed E-state index contributed by atoms with van der Waals surface area (Å²) in [6.45, 7) is 5.99. The van der Waals surface area contributed by atoms with Gasteiger partial charge in [0, 0.05) is 31.2 Å². The highest BCUT2D eigenvalue weighted by Crippen LogP contribution is 2.37. The lowest BCUT2D eigenvalue weighted by Gasteiger charge is -2.48. The molecule has 0 aliphatic carbocycles. The minimum atomic E-state index is -4.02. The summed E-state index contributed by atoms with van der Waals surface area (Å²) in [7, 11) is -4.02. The Morgan fingerprint density at radius 2 is 1.71 bits per heavy atom. The number of rotatable bonds is 2. The second-order valence-electron chi connectivity index (χ2n) is 7.47. The van der Waals surface area contributed by atoms with E-state index in [2.05, 4.69) is 10.2 Å². The molecule has 2 aliphatic rings. The van der Waals surface area contributed by atoms with Crippen LogP contribution in [0.1, 0.15) is 18.4 Å². The molecule has 4 rings (SSSR count). The van der Waals surface area contributed by atoms with Crippen molar-refractivity contribution in [3.05, 3.63) is 58.9 Å². The number of hydrogen-bond donors (Lipinski definition) is 2. The lowest BCUT2D eigenvalue weighted by Crippen LogP contribution is -2.58. The van der Waals surface area contributed by atoms with Crippen LogP contribution in [0.15, 0.2) is 47.4 Å². The number of hydrogen-bond acceptors (Lipinski definition) is 4. The summed E-state index contributed by atoms with van der Waals surface area (Å²) in [5, 5.41) is 3.80. The molecular weight excluding hydrogens is 403 g/mol. The Morgan fingerprint density at radius 1 is 1.11 bits per heavy atom. The van der Waals surface area contributed by atoms with Crippen LogP contribution in [0.3, 0.4) is 0 Å². The van der Waals surface area contributed by atoms with E-state index in [1.165, 1.54) is 18.2 Å². The maximum Gasteiger partial charge on any atom is 0.294 e. The van der Waals surface area contributed by atoms with E-state index in [9.17, 15) is 12.8 Å². The maximum atomic E-state index is 13.8. The van der Waals surface area contributed by atoms with Gasteiger partial charge in [0.25, 0.3) is 10.1 Å². The molecule has 5 nitrogen and oxygen atoms in total. The number of aryl methyl sites for hydroxylation is 1. The van der Waals surface area contributed by atoms with Gasteiger partial charge in [-0.15, -0.1) is 0 Å². The van der Waals surface area contributed by atoms with Gasteiger partial charge in [0.1, 0.15) is 5.82 Å². The molecule has 2 N–H and O–H groups in total. The van der Waals surface area contributed by atoms with Crippen molar-refractivity contribution in [3.63, 3.8) is 0 Å². The van der Waals surface area contributed by atoms with Crippen molar-refractivity contribution >= 4 is 27.4 Å². The van der Waals surface area contributed by atoms with Crippen molar-refractivity contribution in [2.24, 2.45) is 5.41 Å². The average molecular weight is 427 g/mol. The van der Waals surface area contributed by atoms with E-state index in [0.717, 1.165) is 44.6 Å². The lowest BCUT2D eigenvalue weighted by molar-refractivity contribution is 0.126. The summed E-state index contributed by atoms with van der Waals surface area (Å²) in [6, 6.07) is 10.9. The molecule has 0 unspecified atom stereocenters. The van der Waals surface area contributed by atoms with Crippen LogP contribution in [-0.2, 0) is 10.1 Å². The molecule has 2 aromatic rings. The minimum Gasteiger partial charge on any atom is -0.369 e. The zero-order chi connectivity index (χ0) is 20.4. The van der Waals surface area contributed by atoms with E-state index in [0.29, 0.717) is 16.1 Å². The maximum absolute atomic E-state index is 13.8. The van der Waals surface area contributed by atoms with Gasteiger partial charge in [0.15, 0.2) is 0 Å². The number of nitrogens with zero attached hydrogens (tertiary/aromatic N) is 1. The molecule has 2 fully saturated rings. The van der Waals surface area contributed by atoms with Crippen LogP contribution in [0.25, 0.3) is 0 Å². The quantitative estimate of drug-likeness (QED) is 0.712. The fourth-order valence-corrected chi connectivity index (χ4v) is 4.14. The van der Waals surface area contributed by atoms with Crippen molar-refractivity contribution in [2.45, 2.75) is 24.7 Å². The van der Waals surface area contributed by atoms with Gasteiger partial charge in [-0.05, 0) is 55.5 Å². The van der Waals surface area contributed by atoms with Gasteiger partial charge >= 0.3 is 0 Å². The Hall–Kier alpha value is -1.67. The smallest absolute Gasteiger partial charge is 0.294 e. The topological polar surface area (TPSA) is 69.6 Å². The summed E-state index contributed by atoms with van der Waals surface area (Å²) < 4.78 is 43.3. The number of anilines is 1. The first-order valence-electron chi connectivity index (χ1n) is 9.13. The Labute approximate surface area is 170 Å². The Balaban J connectivity index is 0.000000178. The van der Waals surface area contributed by atoms with E-state index < -0.39 is 10.1 Å². The first-order chi connectivity index (χ1) is 13.2. The van der Waals surface area contributed by atoms with Crippen molar-refractivity contribution in [3.8, 4) is 0 Å². The zero-order valence-electron chi connectivity index (χ0n) is 15.7. The predicted molar refractivity (Wildman–Crippen MR) is 109 cm³/mol. The van der Waals surface area contributed by atoms with E-state index >= 15 is 0 Å². The molecule has 152 valence electrons. The standard InChI is InChI=1S/C13H16ClFN2.C7H8O3S/c14-10-1-2-12(11(15)7-10)17-5-3-13(4-6-17)8-16-9-13;1-6-2-4-7(5-3-6)11(8,9)10/h1-2,7,16H,3-6,8-9H2;2-5H,1H3,(H,8,9,10). The monoisotopic (exact) mass is 426 g/mol. The van der Waals surface area contributed by atoms with Crippen LogP contribution in [0.4, 0.5) is 10.1 Å². The Kier molecular flexibility index (Phi) is 6.29. The molecule has 2 heterocycles. The summed E-state index contributed by atoms with van der Waals surface area (Å²) in [5.74, 6) is -0.208. The third kappa shape index (κ3) is 5.03. The van der Waals surface area contributed by atoms with Crippen molar-refractivity contribution in [1.82, 2.24) is 5.32 Å². The minimum absolute atomic E-state index is 0.0666. The Morgan fingerprint density at radius 3 is 2.18 bits per heavy atom. The SMILES string of the molecule is Cc1ccc(S(=O)(=O)O)cc1.Fc1cc(Cl)ccc1N1CCC2(CC1)CNC2. The molecule has 8 heteroatoms. The van der Waals surface area contributed by atoms with Crippen molar-refractivity contribution in [1.29, 1.82) is 0 Å². The number of nitrogens with one attached hydrogen (secondary N) is 1. The molecule has 1 spiro atoms. The molecule has 0 atom stereocenters. The Bertz CT molecular complexity index is 921. The van der Waals surface area contributed by atoms with Crippen LogP contribution >= 0.6 is 11.6 Å². The van der Waals surface area contributed by atoms with Gasteiger partial charge in [-0.25, -0.2) is 4.39 Å². The second-order valence-corrected chi connectivity index (χ2v) is 9.33. The second kappa shape index (κ2) is 8.37.